The number of aliphatic hydroxyl groups is 1. The number of hydrogen-bond donors (Lipinski definition) is 1. The minimum Gasteiger partial charge on any atom is -0.512 e. The second kappa shape index (κ2) is 16.8. The number of hydrogen-bond acceptors (Lipinski definition) is 5. The molecule has 3 aromatic heterocycles. The summed E-state index contributed by atoms with van der Waals surface area (Å²) in [5.74, 6) is 1.49. The van der Waals surface area contributed by atoms with E-state index < -0.39 is 0 Å². The van der Waals surface area contributed by atoms with E-state index in [4.69, 9.17) is 9.40 Å². The number of furan rings is 1. The van der Waals surface area contributed by atoms with Crippen LogP contribution in [0.2, 0.25) is 0 Å². The van der Waals surface area contributed by atoms with Gasteiger partial charge in [-0.2, -0.15) is 0 Å². The monoisotopic (exact) mass is 879 g/mol. The van der Waals surface area contributed by atoms with Gasteiger partial charge in [0, 0.05) is 71.6 Å². The van der Waals surface area contributed by atoms with Crippen LogP contribution in [-0.2, 0) is 30.3 Å². The van der Waals surface area contributed by atoms with E-state index in [2.05, 4.69) is 102 Å². The number of allylic oxidation sites excluding steroid dienone is 2. The number of thiophene rings is 1. The first kappa shape index (κ1) is 40.2. The zero-order valence-electron chi connectivity index (χ0n) is 31.8. The Morgan fingerprint density at radius 1 is 0.902 bits per heavy atom. The van der Waals surface area contributed by atoms with Gasteiger partial charge < -0.3 is 9.52 Å². The quantitative estimate of drug-likeness (QED) is 0.0893. The Kier molecular flexibility index (Phi) is 13.3. The van der Waals surface area contributed by atoms with Crippen LogP contribution in [0.25, 0.3) is 53.7 Å². The summed E-state index contributed by atoms with van der Waals surface area (Å²) in [7, 11) is 0. The van der Waals surface area contributed by atoms with Gasteiger partial charge in [-0.15, -0.1) is 40.5 Å². The number of carbonyl (C=O) groups is 1. The molecule has 4 nitrogen and oxygen atoms in total. The van der Waals surface area contributed by atoms with Gasteiger partial charge in [-0.3, -0.25) is 9.78 Å². The zero-order chi connectivity index (χ0) is 36.3. The number of pyridine rings is 1. The van der Waals surface area contributed by atoms with Gasteiger partial charge >= 0.3 is 0 Å². The predicted octanol–water partition coefficient (Wildman–Crippen LogP) is 13.4. The second-order valence-corrected chi connectivity index (χ2v) is 15.7. The summed E-state index contributed by atoms with van der Waals surface area (Å²) in [5, 5.41) is 13.3. The Morgan fingerprint density at radius 3 is 2.14 bits per heavy atom. The van der Waals surface area contributed by atoms with Gasteiger partial charge in [-0.1, -0.05) is 95.3 Å². The summed E-state index contributed by atoms with van der Waals surface area (Å²) in [4.78, 5) is 16.6. The van der Waals surface area contributed by atoms with Crippen LogP contribution in [0.15, 0.2) is 77.0 Å². The first-order chi connectivity index (χ1) is 23.8. The van der Waals surface area contributed by atoms with E-state index in [1.807, 2.05) is 33.9 Å². The smallest absolute Gasteiger partial charge is 0.162 e. The summed E-state index contributed by atoms with van der Waals surface area (Å²) in [5.41, 5.74) is 9.24. The van der Waals surface area contributed by atoms with Gasteiger partial charge in [-0.05, 0) is 69.1 Å². The van der Waals surface area contributed by atoms with E-state index in [0.717, 1.165) is 68.5 Å². The molecule has 51 heavy (non-hydrogen) atoms. The molecule has 0 aliphatic rings. The van der Waals surface area contributed by atoms with Crippen LogP contribution in [0.1, 0.15) is 96.4 Å². The molecule has 0 bridgehead atoms. The third-order valence-corrected chi connectivity index (χ3v) is 11.0. The number of rotatable bonds is 9. The van der Waals surface area contributed by atoms with Crippen molar-refractivity contribution in [3.8, 4) is 22.6 Å². The van der Waals surface area contributed by atoms with Crippen LogP contribution < -0.4 is 0 Å². The molecule has 0 fully saturated rings. The Morgan fingerprint density at radius 2 is 1.53 bits per heavy atom. The maximum absolute atomic E-state index is 11.7. The third-order valence-electron chi connectivity index (χ3n) is 9.90. The van der Waals surface area contributed by atoms with Gasteiger partial charge in [0.05, 0.1) is 10.5 Å². The number of fused-ring (bicyclic) bond motifs is 4. The number of aryl methyl sites for hydroxylation is 3. The van der Waals surface area contributed by atoms with Crippen molar-refractivity contribution in [1.82, 2.24) is 4.98 Å². The molecule has 6 rings (SSSR count). The summed E-state index contributed by atoms with van der Waals surface area (Å²) in [6.45, 7) is 21.3. The van der Waals surface area contributed by atoms with Crippen LogP contribution in [0, 0.1) is 38.7 Å². The van der Waals surface area contributed by atoms with Crippen LogP contribution in [0.4, 0.5) is 0 Å². The van der Waals surface area contributed by atoms with Gasteiger partial charge in [0.2, 0.25) is 0 Å². The van der Waals surface area contributed by atoms with Crippen molar-refractivity contribution >= 4 is 48.3 Å². The van der Waals surface area contributed by atoms with Crippen molar-refractivity contribution in [2.45, 2.75) is 100 Å². The molecule has 0 saturated carbocycles. The fourth-order valence-electron chi connectivity index (χ4n) is 7.12. The second-order valence-electron chi connectivity index (χ2n) is 14.6. The summed E-state index contributed by atoms with van der Waals surface area (Å²) in [6.07, 6.45) is 6.80. The molecule has 0 saturated heterocycles. The Hall–Kier alpha value is -3.57. The zero-order valence-corrected chi connectivity index (χ0v) is 35.0. The molecule has 6 heteroatoms. The largest absolute Gasteiger partial charge is 0.512 e. The van der Waals surface area contributed by atoms with Crippen molar-refractivity contribution in [3.63, 3.8) is 0 Å². The molecule has 1 N–H and O–H groups in total. The molecular formula is C45H52IrNO3S-. The molecule has 0 aliphatic carbocycles. The summed E-state index contributed by atoms with van der Waals surface area (Å²) < 4.78 is 8.82. The number of benzene rings is 3. The van der Waals surface area contributed by atoms with Crippen LogP contribution in [0.3, 0.4) is 0 Å². The number of aliphatic hydroxyl groups excluding tert-OH is 1. The molecule has 3 aromatic carbocycles. The van der Waals surface area contributed by atoms with Crippen molar-refractivity contribution in [3.05, 3.63) is 101 Å². The Labute approximate surface area is 321 Å². The maximum atomic E-state index is 11.7. The SMILES string of the molecule is CCC(CC)C(=O)/C=C(\O)C(CC)CC.Cc1cc(C)c(-c2cc3sc4c(-c5[c-]c6ccccc6c(C(C)(C)C)c5)nccc4c3o2)c(C)c1.[Ir]. The topological polar surface area (TPSA) is 63.3 Å². The van der Waals surface area contributed by atoms with Crippen LogP contribution in [-0.4, -0.2) is 15.9 Å². The van der Waals surface area contributed by atoms with E-state index in [9.17, 15) is 9.90 Å². The van der Waals surface area contributed by atoms with E-state index >= 15 is 0 Å². The molecule has 0 spiro atoms. The first-order valence-corrected chi connectivity index (χ1v) is 18.9. The average molecular weight is 879 g/mol. The molecular weight excluding hydrogens is 827 g/mol. The standard InChI is InChI=1S/C32H28NOS.C13H24O2.Ir/c1-18-13-19(2)28(20(3)14-18)26-17-27-30(34-26)24-11-12-33-29(31(24)35-27)22-15-21-9-7-8-10-23(21)25(16-22)32(4,5)6;1-5-10(6-2)12(14)9-13(15)11(7-3)8-4;/h7-14,16-17H,1-6H3;9-11,14H,5-8H2,1-4H3;/q-1;;/b;12-9-;. The number of carbonyl (C=O) groups excluding carboxylic acids is 1. The van der Waals surface area contributed by atoms with Crippen molar-refractivity contribution < 1.29 is 34.4 Å². The Balaban J connectivity index is 0.000000312. The molecule has 0 atom stereocenters. The number of ketones is 1. The third kappa shape index (κ3) is 8.57. The van der Waals surface area contributed by atoms with Crippen molar-refractivity contribution in [1.29, 1.82) is 0 Å². The minimum absolute atomic E-state index is 0. The van der Waals surface area contributed by atoms with Crippen molar-refractivity contribution in [2.24, 2.45) is 11.8 Å². The molecule has 0 aliphatic heterocycles. The fraction of sp³-hybridized carbons (Fsp3) is 0.378. The molecule has 0 amide bonds. The van der Waals surface area contributed by atoms with Gasteiger partial charge in [0.15, 0.2) is 11.4 Å². The van der Waals surface area contributed by atoms with E-state index in [1.165, 1.54) is 39.3 Å². The molecule has 271 valence electrons. The van der Waals surface area contributed by atoms with Gasteiger partial charge in [0.1, 0.15) is 5.76 Å². The van der Waals surface area contributed by atoms with E-state index in [0.29, 0.717) is 0 Å². The number of nitrogens with zero attached hydrogens (tertiary/aromatic N) is 1. The minimum atomic E-state index is 0. The number of aromatic nitrogens is 1. The molecule has 6 aromatic rings. The maximum Gasteiger partial charge on any atom is 0.162 e. The predicted molar refractivity (Wildman–Crippen MR) is 213 cm³/mol. The summed E-state index contributed by atoms with van der Waals surface area (Å²) >= 11 is 1.76. The van der Waals surface area contributed by atoms with Gasteiger partial charge in [-0.25, -0.2) is 0 Å². The normalized spacial score (nSPS) is 12.1. The summed E-state index contributed by atoms with van der Waals surface area (Å²) in [6, 6.07) is 23.2. The van der Waals surface area contributed by atoms with Crippen molar-refractivity contribution in [2.75, 3.05) is 0 Å². The van der Waals surface area contributed by atoms with Gasteiger partial charge in [0.25, 0.3) is 0 Å². The fourth-order valence-corrected chi connectivity index (χ4v) is 8.28. The van der Waals surface area contributed by atoms with Crippen LogP contribution >= 0.6 is 11.3 Å². The molecule has 3 heterocycles. The van der Waals surface area contributed by atoms with E-state index in [1.54, 1.807) is 11.3 Å². The Bertz CT molecular complexity index is 2150. The molecule has 0 unspecified atom stereocenters. The van der Waals surface area contributed by atoms with E-state index in [-0.39, 0.29) is 48.9 Å². The first-order valence-electron chi connectivity index (χ1n) is 18.1. The average Bonchev–Trinajstić information content (AvgIpc) is 3.63. The molecule has 1 radical (unpaired) electrons. The van der Waals surface area contributed by atoms with Crippen LogP contribution in [0.5, 0.6) is 0 Å².